The predicted molar refractivity (Wildman–Crippen MR) is 98.9 cm³/mol. The van der Waals surface area contributed by atoms with Gasteiger partial charge in [-0.25, -0.2) is 4.79 Å². The van der Waals surface area contributed by atoms with Crippen molar-refractivity contribution in [3.05, 3.63) is 83.2 Å². The third-order valence-electron chi connectivity index (χ3n) is 4.93. The van der Waals surface area contributed by atoms with Gasteiger partial charge in [0.25, 0.3) is 5.91 Å². The summed E-state index contributed by atoms with van der Waals surface area (Å²) in [4.78, 5) is 28.3. The Bertz CT molecular complexity index is 880. The Labute approximate surface area is 157 Å². The zero-order chi connectivity index (χ0) is 18.8. The summed E-state index contributed by atoms with van der Waals surface area (Å²) < 4.78 is 5.39. The van der Waals surface area contributed by atoms with Crippen molar-refractivity contribution in [3.8, 4) is 0 Å². The molecule has 1 atom stereocenters. The molecule has 6 nitrogen and oxygen atoms in total. The first-order valence-corrected chi connectivity index (χ1v) is 8.91. The molecule has 1 unspecified atom stereocenters. The van der Waals surface area contributed by atoms with Crippen molar-refractivity contribution >= 4 is 12.0 Å². The van der Waals surface area contributed by atoms with Crippen LogP contribution in [0, 0.1) is 0 Å². The van der Waals surface area contributed by atoms with Crippen LogP contribution in [0.2, 0.25) is 0 Å². The average molecular weight is 364 g/mol. The summed E-state index contributed by atoms with van der Waals surface area (Å²) in [5, 5.41) is 10.4. The minimum atomic E-state index is -0.503. The quantitative estimate of drug-likeness (QED) is 0.907. The summed E-state index contributed by atoms with van der Waals surface area (Å²) >= 11 is 0. The van der Waals surface area contributed by atoms with Crippen LogP contribution >= 0.6 is 0 Å². The molecular weight excluding hydrogens is 344 g/mol. The van der Waals surface area contributed by atoms with Gasteiger partial charge < -0.3 is 14.7 Å². The molecule has 27 heavy (non-hydrogen) atoms. The molecule has 2 aliphatic heterocycles. The van der Waals surface area contributed by atoms with Crippen molar-refractivity contribution in [2.45, 2.75) is 19.1 Å². The van der Waals surface area contributed by atoms with Crippen LogP contribution in [-0.2, 0) is 11.3 Å². The lowest BCUT2D eigenvalue weighted by Crippen LogP contribution is -2.37. The number of likely N-dealkylation sites (tertiary alicyclic amines) is 1. The van der Waals surface area contributed by atoms with Crippen molar-refractivity contribution in [1.82, 2.24) is 9.80 Å². The van der Waals surface area contributed by atoms with E-state index in [0.717, 1.165) is 5.56 Å². The lowest BCUT2D eigenvalue weighted by atomic mass is 10.1. The molecule has 6 heteroatoms. The third-order valence-corrected chi connectivity index (χ3v) is 4.93. The van der Waals surface area contributed by atoms with Gasteiger partial charge in [0, 0.05) is 12.1 Å². The maximum Gasteiger partial charge on any atom is 0.414 e. The summed E-state index contributed by atoms with van der Waals surface area (Å²) in [5.41, 5.74) is 1.95. The van der Waals surface area contributed by atoms with Crippen LogP contribution in [0.4, 0.5) is 4.79 Å². The van der Waals surface area contributed by atoms with Crippen molar-refractivity contribution in [3.63, 3.8) is 0 Å². The highest BCUT2D eigenvalue weighted by molar-refractivity contribution is 5.95. The van der Waals surface area contributed by atoms with Crippen molar-refractivity contribution in [1.29, 1.82) is 0 Å². The monoisotopic (exact) mass is 364 g/mol. The number of amides is 2. The number of ether oxygens (including phenoxy) is 1. The van der Waals surface area contributed by atoms with Crippen LogP contribution in [0.25, 0.3) is 0 Å². The number of rotatable bonds is 3. The molecule has 4 rings (SSSR count). The molecule has 0 radical (unpaired) electrons. The van der Waals surface area contributed by atoms with Gasteiger partial charge >= 0.3 is 6.09 Å². The lowest BCUT2D eigenvalue weighted by molar-refractivity contribution is 0.0735. The van der Waals surface area contributed by atoms with Crippen LogP contribution < -0.4 is 0 Å². The fourth-order valence-electron chi connectivity index (χ4n) is 3.64. The molecule has 0 aliphatic carbocycles. The molecule has 0 spiro atoms. The molecule has 1 fully saturated rings. The summed E-state index contributed by atoms with van der Waals surface area (Å²) in [6, 6.07) is 18.1. The van der Waals surface area contributed by atoms with E-state index in [1.165, 1.54) is 4.90 Å². The molecule has 2 heterocycles. The van der Waals surface area contributed by atoms with E-state index in [9.17, 15) is 14.7 Å². The summed E-state index contributed by atoms with van der Waals surface area (Å²) in [6.45, 7) is 0.688. The number of carbonyl (C=O) groups excluding carboxylic acids is 2. The smallest absolute Gasteiger partial charge is 0.414 e. The first-order valence-electron chi connectivity index (χ1n) is 8.91. The molecule has 0 saturated carbocycles. The predicted octanol–water partition coefficient (Wildman–Crippen LogP) is 3.32. The fourth-order valence-corrected chi connectivity index (χ4v) is 3.64. The number of benzene rings is 2. The molecule has 2 amide bonds. The highest BCUT2D eigenvalue weighted by Crippen LogP contribution is 2.35. The van der Waals surface area contributed by atoms with E-state index >= 15 is 0 Å². The normalized spacial score (nSPS) is 18.6. The fraction of sp³-hybridized carbons (Fsp3) is 0.238. The van der Waals surface area contributed by atoms with E-state index in [1.54, 1.807) is 29.2 Å². The highest BCUT2D eigenvalue weighted by atomic mass is 16.6. The van der Waals surface area contributed by atoms with Gasteiger partial charge in [-0.15, -0.1) is 0 Å². The molecule has 2 aliphatic rings. The first kappa shape index (κ1) is 17.1. The molecule has 0 aromatic heterocycles. The average Bonchev–Trinajstić information content (AvgIpc) is 3.29. The second kappa shape index (κ2) is 7.15. The number of aliphatic hydroxyl groups excluding tert-OH is 1. The third kappa shape index (κ3) is 3.26. The summed E-state index contributed by atoms with van der Waals surface area (Å²) in [7, 11) is 0. The summed E-state index contributed by atoms with van der Waals surface area (Å²) in [6.07, 6.45) is 0.0789. The maximum atomic E-state index is 12.8. The molecule has 2 aromatic carbocycles. The Morgan fingerprint density at radius 3 is 2.41 bits per heavy atom. The van der Waals surface area contributed by atoms with Gasteiger partial charge in [0.15, 0.2) is 0 Å². The maximum absolute atomic E-state index is 12.8. The van der Waals surface area contributed by atoms with Crippen LogP contribution in [-0.4, -0.2) is 46.0 Å². The van der Waals surface area contributed by atoms with E-state index in [0.29, 0.717) is 24.2 Å². The number of hydrogen-bond donors (Lipinski definition) is 1. The van der Waals surface area contributed by atoms with E-state index in [-0.39, 0.29) is 30.9 Å². The van der Waals surface area contributed by atoms with Crippen molar-refractivity contribution in [2.24, 2.45) is 0 Å². The van der Waals surface area contributed by atoms with Crippen molar-refractivity contribution < 1.29 is 19.4 Å². The molecule has 0 bridgehead atoms. The number of hydrogen-bond acceptors (Lipinski definition) is 4. The van der Waals surface area contributed by atoms with Crippen LogP contribution in [0.15, 0.2) is 72.1 Å². The molecular formula is C21H20N2O4. The standard InChI is InChI=1S/C21H20N2O4/c24-18-13-23(20(25)16-9-5-2-6-10-16)17-11-12-22(19(17)18)21(26)27-14-15-7-3-1-4-8-15/h1-10,17,24H,11-14H2. The van der Waals surface area contributed by atoms with E-state index < -0.39 is 6.09 Å². The van der Waals surface area contributed by atoms with Crippen LogP contribution in [0.5, 0.6) is 0 Å². The van der Waals surface area contributed by atoms with Gasteiger partial charge in [0.05, 0.1) is 18.3 Å². The van der Waals surface area contributed by atoms with Gasteiger partial charge in [-0.3, -0.25) is 9.69 Å². The van der Waals surface area contributed by atoms with Gasteiger partial charge in [0.1, 0.15) is 12.4 Å². The molecule has 1 N–H and O–H groups in total. The van der Waals surface area contributed by atoms with E-state index in [2.05, 4.69) is 0 Å². The molecule has 1 saturated heterocycles. The van der Waals surface area contributed by atoms with Crippen molar-refractivity contribution in [2.75, 3.05) is 13.1 Å². The number of fused-ring (bicyclic) bond motifs is 1. The summed E-state index contributed by atoms with van der Waals surface area (Å²) in [5.74, 6) is -0.0971. The zero-order valence-corrected chi connectivity index (χ0v) is 14.7. The SMILES string of the molecule is O=C(OCc1ccccc1)N1CCC2C1=C(O)CN2C(=O)c1ccccc1. The Kier molecular flexibility index (Phi) is 4.54. The van der Waals surface area contributed by atoms with Gasteiger partial charge in [-0.05, 0) is 24.1 Å². The second-order valence-electron chi connectivity index (χ2n) is 6.63. The zero-order valence-electron chi connectivity index (χ0n) is 14.7. The molecule has 138 valence electrons. The Morgan fingerprint density at radius 2 is 1.70 bits per heavy atom. The first-order chi connectivity index (χ1) is 13.1. The van der Waals surface area contributed by atoms with E-state index in [4.69, 9.17) is 4.74 Å². The second-order valence-corrected chi connectivity index (χ2v) is 6.63. The van der Waals surface area contributed by atoms with E-state index in [1.807, 2.05) is 36.4 Å². The number of nitrogens with zero attached hydrogens (tertiary/aromatic N) is 2. The Balaban J connectivity index is 1.45. The Morgan fingerprint density at radius 1 is 1.04 bits per heavy atom. The number of carbonyl (C=O) groups is 2. The van der Waals surface area contributed by atoms with Crippen LogP contribution in [0.3, 0.4) is 0 Å². The highest BCUT2D eigenvalue weighted by Gasteiger charge is 2.45. The lowest BCUT2D eigenvalue weighted by Gasteiger charge is -2.23. The van der Waals surface area contributed by atoms with Gasteiger partial charge in [-0.2, -0.15) is 0 Å². The minimum absolute atomic E-state index is 0.0541. The topological polar surface area (TPSA) is 70.1 Å². The Hall–Kier alpha value is -3.28. The molecule has 2 aromatic rings. The van der Waals surface area contributed by atoms with Gasteiger partial charge in [0.2, 0.25) is 0 Å². The minimum Gasteiger partial charge on any atom is -0.509 e. The largest absolute Gasteiger partial charge is 0.509 e. The van der Waals surface area contributed by atoms with Crippen LogP contribution in [0.1, 0.15) is 22.3 Å². The number of aliphatic hydroxyl groups is 1. The van der Waals surface area contributed by atoms with Gasteiger partial charge in [-0.1, -0.05) is 48.5 Å².